The molecule has 30 heavy (non-hydrogen) atoms. The molecule has 0 unspecified atom stereocenters. The molecule has 1 aliphatic rings. The van der Waals surface area contributed by atoms with Crippen LogP contribution in [0.3, 0.4) is 0 Å². The van der Waals surface area contributed by atoms with E-state index >= 15 is 0 Å². The fourth-order valence-electron chi connectivity index (χ4n) is 3.20. The first kappa shape index (κ1) is 23.8. The van der Waals surface area contributed by atoms with Crippen molar-refractivity contribution in [3.63, 3.8) is 0 Å². The fraction of sp³-hybridized carbons (Fsp3) is 0.591. The summed E-state index contributed by atoms with van der Waals surface area (Å²) in [6.45, 7) is 6.85. The van der Waals surface area contributed by atoms with Gasteiger partial charge in [-0.15, -0.1) is 0 Å². The summed E-state index contributed by atoms with van der Waals surface area (Å²) in [5, 5.41) is 2.75. The molecule has 1 fully saturated rings. The van der Waals surface area contributed by atoms with Crippen LogP contribution in [0.5, 0.6) is 0 Å². The Hall–Kier alpha value is -2.45. The van der Waals surface area contributed by atoms with Crippen LogP contribution >= 0.6 is 0 Å². The first-order chi connectivity index (χ1) is 14.2. The highest BCUT2D eigenvalue weighted by molar-refractivity contribution is 5.92. The van der Waals surface area contributed by atoms with Crippen LogP contribution in [0.15, 0.2) is 30.3 Å². The lowest BCUT2D eigenvalue weighted by atomic mass is 10.0. The predicted octanol–water partition coefficient (Wildman–Crippen LogP) is 1.84. The number of likely N-dealkylation sites (tertiary alicyclic amines) is 1. The Morgan fingerprint density at radius 2 is 1.87 bits per heavy atom. The fourth-order valence-corrected chi connectivity index (χ4v) is 3.20. The molecule has 1 aromatic carbocycles. The minimum atomic E-state index is -0.850. The number of methoxy groups -OCH3 is 1. The normalized spacial score (nSPS) is 17.7. The van der Waals surface area contributed by atoms with Crippen molar-refractivity contribution in [2.75, 3.05) is 33.5 Å². The van der Waals surface area contributed by atoms with E-state index in [1.54, 1.807) is 40.0 Å². The SMILES string of the molecule is COCCOCCC(=O)N[C@H]1CCN([C@@H](C(=O)OC(C)(C)C)c2ccccc2)C1=O. The van der Waals surface area contributed by atoms with E-state index in [2.05, 4.69) is 5.32 Å². The average Bonchev–Trinajstić information content (AvgIpc) is 3.01. The summed E-state index contributed by atoms with van der Waals surface area (Å²) in [4.78, 5) is 39.6. The molecule has 2 rings (SSSR count). The van der Waals surface area contributed by atoms with Gasteiger partial charge in [-0.2, -0.15) is 0 Å². The lowest BCUT2D eigenvalue weighted by molar-refractivity contribution is -0.164. The van der Waals surface area contributed by atoms with E-state index in [0.29, 0.717) is 31.7 Å². The predicted molar refractivity (Wildman–Crippen MR) is 111 cm³/mol. The summed E-state index contributed by atoms with van der Waals surface area (Å²) < 4.78 is 15.7. The second kappa shape index (κ2) is 11.1. The van der Waals surface area contributed by atoms with Gasteiger partial charge in [0.1, 0.15) is 11.6 Å². The molecule has 2 atom stereocenters. The lowest BCUT2D eigenvalue weighted by Gasteiger charge is -2.30. The van der Waals surface area contributed by atoms with Crippen molar-refractivity contribution in [3.8, 4) is 0 Å². The van der Waals surface area contributed by atoms with Crippen molar-refractivity contribution in [3.05, 3.63) is 35.9 Å². The second-order valence-corrected chi connectivity index (χ2v) is 8.14. The van der Waals surface area contributed by atoms with E-state index in [4.69, 9.17) is 14.2 Å². The zero-order chi connectivity index (χ0) is 22.1. The maximum Gasteiger partial charge on any atom is 0.334 e. The van der Waals surface area contributed by atoms with Crippen LogP contribution < -0.4 is 5.32 Å². The third kappa shape index (κ3) is 7.11. The maximum absolute atomic E-state index is 13.0. The Kier molecular flexibility index (Phi) is 8.80. The molecule has 2 amide bonds. The van der Waals surface area contributed by atoms with Crippen molar-refractivity contribution < 1.29 is 28.6 Å². The molecule has 1 saturated heterocycles. The van der Waals surface area contributed by atoms with Crippen molar-refractivity contribution in [1.82, 2.24) is 10.2 Å². The van der Waals surface area contributed by atoms with Crippen LogP contribution in [0.25, 0.3) is 0 Å². The molecular weight excluding hydrogens is 388 g/mol. The highest BCUT2D eigenvalue weighted by atomic mass is 16.6. The van der Waals surface area contributed by atoms with Gasteiger partial charge in [-0.25, -0.2) is 4.79 Å². The third-order valence-electron chi connectivity index (χ3n) is 4.54. The number of benzene rings is 1. The zero-order valence-electron chi connectivity index (χ0n) is 18.2. The molecule has 1 aromatic rings. The maximum atomic E-state index is 13.0. The third-order valence-corrected chi connectivity index (χ3v) is 4.54. The Balaban J connectivity index is 2.02. The smallest absolute Gasteiger partial charge is 0.334 e. The molecule has 8 nitrogen and oxygen atoms in total. The van der Waals surface area contributed by atoms with Gasteiger partial charge in [0.25, 0.3) is 0 Å². The van der Waals surface area contributed by atoms with Crippen LogP contribution in [0, 0.1) is 0 Å². The number of esters is 1. The van der Waals surface area contributed by atoms with Gasteiger partial charge in [0, 0.05) is 20.1 Å². The minimum absolute atomic E-state index is 0.154. The first-order valence-electron chi connectivity index (χ1n) is 10.2. The van der Waals surface area contributed by atoms with Gasteiger partial charge >= 0.3 is 5.97 Å². The topological polar surface area (TPSA) is 94.2 Å². The monoisotopic (exact) mass is 420 g/mol. The molecule has 0 aromatic heterocycles. The number of carbonyl (C=O) groups excluding carboxylic acids is 3. The van der Waals surface area contributed by atoms with Crippen molar-refractivity contribution in [2.45, 2.75) is 51.3 Å². The number of amides is 2. The minimum Gasteiger partial charge on any atom is -0.458 e. The number of nitrogens with one attached hydrogen (secondary N) is 1. The molecule has 0 spiro atoms. The van der Waals surface area contributed by atoms with Crippen LogP contribution in [-0.2, 0) is 28.6 Å². The summed E-state index contributed by atoms with van der Waals surface area (Å²) in [7, 11) is 1.58. The van der Waals surface area contributed by atoms with E-state index in [1.807, 2.05) is 18.2 Å². The highest BCUT2D eigenvalue weighted by Crippen LogP contribution is 2.29. The zero-order valence-corrected chi connectivity index (χ0v) is 18.2. The van der Waals surface area contributed by atoms with Crippen molar-refractivity contribution in [2.24, 2.45) is 0 Å². The molecule has 0 bridgehead atoms. The average molecular weight is 421 g/mol. The van der Waals surface area contributed by atoms with E-state index in [0.717, 1.165) is 0 Å². The summed E-state index contributed by atoms with van der Waals surface area (Å²) >= 11 is 0. The molecule has 1 aliphatic heterocycles. The van der Waals surface area contributed by atoms with E-state index < -0.39 is 23.7 Å². The summed E-state index contributed by atoms with van der Waals surface area (Å²) in [6, 6.07) is 7.56. The Morgan fingerprint density at radius 3 is 2.50 bits per heavy atom. The van der Waals surface area contributed by atoms with Crippen molar-refractivity contribution >= 4 is 17.8 Å². The van der Waals surface area contributed by atoms with Crippen molar-refractivity contribution in [1.29, 1.82) is 0 Å². The largest absolute Gasteiger partial charge is 0.458 e. The number of nitrogens with zero attached hydrogens (tertiary/aromatic N) is 1. The van der Waals surface area contributed by atoms with Gasteiger partial charge in [0.15, 0.2) is 6.04 Å². The number of hydrogen-bond donors (Lipinski definition) is 1. The van der Waals surface area contributed by atoms with Gasteiger partial charge in [-0.05, 0) is 32.8 Å². The molecular formula is C22H32N2O6. The van der Waals surface area contributed by atoms with Gasteiger partial charge in [-0.3, -0.25) is 9.59 Å². The van der Waals surface area contributed by atoms with E-state index in [9.17, 15) is 14.4 Å². The van der Waals surface area contributed by atoms with Gasteiger partial charge in [-0.1, -0.05) is 30.3 Å². The standard InChI is InChI=1S/C22H32N2O6/c1-22(2,3)30-21(27)19(16-8-6-5-7-9-16)24-12-10-17(20(24)26)23-18(25)11-13-29-15-14-28-4/h5-9,17,19H,10-15H2,1-4H3,(H,23,25)/t17-,19+/m0/s1. The summed E-state index contributed by atoms with van der Waals surface area (Å²) in [5.74, 6) is -1.04. The second-order valence-electron chi connectivity index (χ2n) is 8.14. The molecule has 0 aliphatic carbocycles. The molecule has 0 saturated carbocycles. The van der Waals surface area contributed by atoms with E-state index in [1.165, 1.54) is 4.90 Å². The Morgan fingerprint density at radius 1 is 1.17 bits per heavy atom. The van der Waals surface area contributed by atoms with E-state index in [-0.39, 0.29) is 24.8 Å². The molecule has 0 radical (unpaired) electrons. The van der Waals surface area contributed by atoms with Gasteiger partial charge < -0.3 is 24.4 Å². The molecule has 8 heteroatoms. The van der Waals surface area contributed by atoms with Crippen LogP contribution in [0.1, 0.15) is 45.2 Å². The lowest BCUT2D eigenvalue weighted by Crippen LogP contribution is -2.45. The van der Waals surface area contributed by atoms with Crippen LogP contribution in [0.4, 0.5) is 0 Å². The molecule has 1 heterocycles. The number of rotatable bonds is 10. The van der Waals surface area contributed by atoms with Crippen LogP contribution in [-0.4, -0.2) is 67.8 Å². The highest BCUT2D eigenvalue weighted by Gasteiger charge is 2.41. The van der Waals surface area contributed by atoms with Gasteiger partial charge in [0.05, 0.1) is 19.8 Å². The summed E-state index contributed by atoms with van der Waals surface area (Å²) in [5.41, 5.74) is 0.00201. The van der Waals surface area contributed by atoms with Crippen LogP contribution in [0.2, 0.25) is 0 Å². The molecule has 1 N–H and O–H groups in total. The van der Waals surface area contributed by atoms with Gasteiger partial charge in [0.2, 0.25) is 11.8 Å². The first-order valence-corrected chi connectivity index (χ1v) is 10.2. The Labute approximate surface area is 177 Å². The summed E-state index contributed by atoms with van der Waals surface area (Å²) in [6.07, 6.45) is 0.586. The quantitative estimate of drug-likeness (QED) is 0.459. The number of hydrogen-bond acceptors (Lipinski definition) is 6. The number of ether oxygens (including phenoxy) is 3. The molecule has 166 valence electrons. The Bertz CT molecular complexity index is 716. The number of carbonyl (C=O) groups is 3.